The fraction of sp³-hybridized carbons (Fsp3) is 0. The molecule has 24 heavy (non-hydrogen) atoms. The van der Waals surface area contributed by atoms with Crippen molar-refractivity contribution in [3.05, 3.63) is 83.2 Å². The number of fused-ring (bicyclic) bond motifs is 4. The topological polar surface area (TPSA) is 50.2 Å². The molecule has 5 aromatic rings. The van der Waals surface area contributed by atoms with Crippen LogP contribution in [0.4, 0.5) is 0 Å². The monoisotopic (exact) mass is 311 g/mol. The second kappa shape index (κ2) is 4.80. The molecule has 0 amide bonds. The molecule has 3 aromatic carbocycles. The predicted molar refractivity (Wildman–Crippen MR) is 96.3 cm³/mol. The minimum absolute atomic E-state index is 0.0828. The Bertz CT molecular complexity index is 1280. The molecule has 114 valence electrons. The summed E-state index contributed by atoms with van der Waals surface area (Å²) in [4.78, 5) is 20.4. The normalized spacial score (nSPS) is 11.5. The van der Waals surface area contributed by atoms with Crippen LogP contribution in [0.1, 0.15) is 0 Å². The molecule has 0 unspecified atom stereocenters. The maximum absolute atomic E-state index is 12.6. The van der Waals surface area contributed by atoms with E-state index in [2.05, 4.69) is 34.2 Å². The van der Waals surface area contributed by atoms with E-state index in [1.807, 2.05) is 42.5 Å². The number of H-pyrrole nitrogens is 1. The van der Waals surface area contributed by atoms with E-state index in [4.69, 9.17) is 0 Å². The Morgan fingerprint density at radius 1 is 0.833 bits per heavy atom. The summed E-state index contributed by atoms with van der Waals surface area (Å²) in [6, 6.07) is 23.6. The van der Waals surface area contributed by atoms with Crippen molar-refractivity contribution in [3.8, 4) is 11.3 Å². The van der Waals surface area contributed by atoms with Crippen molar-refractivity contribution in [1.82, 2.24) is 14.4 Å². The van der Waals surface area contributed by atoms with Crippen molar-refractivity contribution in [1.29, 1.82) is 0 Å². The number of aromatic nitrogens is 3. The highest BCUT2D eigenvalue weighted by atomic mass is 16.1. The van der Waals surface area contributed by atoms with Crippen LogP contribution in [-0.4, -0.2) is 14.4 Å². The van der Waals surface area contributed by atoms with Gasteiger partial charge in [-0.25, -0.2) is 9.38 Å². The van der Waals surface area contributed by atoms with Gasteiger partial charge in [0.15, 0.2) is 0 Å². The van der Waals surface area contributed by atoms with E-state index in [0.29, 0.717) is 5.78 Å². The third-order valence-electron chi connectivity index (χ3n) is 4.36. The first-order valence-electron chi connectivity index (χ1n) is 7.79. The van der Waals surface area contributed by atoms with E-state index in [0.717, 1.165) is 27.7 Å². The maximum Gasteiger partial charge on any atom is 0.260 e. The number of rotatable bonds is 1. The van der Waals surface area contributed by atoms with Gasteiger partial charge in [0.25, 0.3) is 5.56 Å². The Morgan fingerprint density at radius 3 is 2.54 bits per heavy atom. The van der Waals surface area contributed by atoms with Crippen molar-refractivity contribution >= 4 is 27.6 Å². The Balaban J connectivity index is 1.79. The van der Waals surface area contributed by atoms with Crippen LogP contribution in [-0.2, 0) is 0 Å². The molecule has 0 saturated heterocycles. The fourth-order valence-corrected chi connectivity index (χ4v) is 3.19. The van der Waals surface area contributed by atoms with Crippen LogP contribution in [0.3, 0.4) is 0 Å². The Labute approximate surface area is 137 Å². The van der Waals surface area contributed by atoms with Crippen molar-refractivity contribution in [2.24, 2.45) is 0 Å². The van der Waals surface area contributed by atoms with Crippen LogP contribution in [0, 0.1) is 0 Å². The number of hydrogen-bond donors (Lipinski definition) is 1. The second-order valence-corrected chi connectivity index (χ2v) is 5.84. The van der Waals surface area contributed by atoms with Crippen LogP contribution < -0.4 is 5.56 Å². The van der Waals surface area contributed by atoms with Crippen molar-refractivity contribution < 1.29 is 0 Å². The number of nitrogens with zero attached hydrogens (tertiary/aromatic N) is 2. The SMILES string of the molecule is O=c1cc(-c2ccc3ccccc3c2)[nH]c2nc3ccccc3n12. The Kier molecular flexibility index (Phi) is 2.61. The zero-order valence-electron chi connectivity index (χ0n) is 12.7. The van der Waals surface area contributed by atoms with Gasteiger partial charge >= 0.3 is 0 Å². The Hall–Kier alpha value is -3.40. The van der Waals surface area contributed by atoms with Crippen LogP contribution >= 0.6 is 0 Å². The number of nitrogens with one attached hydrogen (secondary N) is 1. The highest BCUT2D eigenvalue weighted by molar-refractivity contribution is 5.87. The van der Waals surface area contributed by atoms with Gasteiger partial charge in [0.05, 0.1) is 16.7 Å². The van der Waals surface area contributed by atoms with E-state index >= 15 is 0 Å². The lowest BCUT2D eigenvalue weighted by atomic mass is 10.1. The molecule has 0 aliphatic heterocycles. The molecule has 1 N–H and O–H groups in total. The highest BCUT2D eigenvalue weighted by Crippen LogP contribution is 2.23. The molecule has 0 aliphatic carbocycles. The van der Waals surface area contributed by atoms with Gasteiger partial charge in [0.2, 0.25) is 5.78 Å². The lowest BCUT2D eigenvalue weighted by molar-refractivity contribution is 1.08. The van der Waals surface area contributed by atoms with Crippen molar-refractivity contribution in [3.63, 3.8) is 0 Å². The maximum atomic E-state index is 12.6. The van der Waals surface area contributed by atoms with E-state index in [1.165, 1.54) is 5.39 Å². The minimum Gasteiger partial charge on any atom is -0.324 e. The summed E-state index contributed by atoms with van der Waals surface area (Å²) in [6.45, 7) is 0. The van der Waals surface area contributed by atoms with E-state index < -0.39 is 0 Å². The highest BCUT2D eigenvalue weighted by Gasteiger charge is 2.09. The molecule has 0 saturated carbocycles. The largest absolute Gasteiger partial charge is 0.324 e. The smallest absolute Gasteiger partial charge is 0.260 e. The zero-order chi connectivity index (χ0) is 16.1. The summed E-state index contributed by atoms with van der Waals surface area (Å²) in [5.74, 6) is 0.562. The summed E-state index contributed by atoms with van der Waals surface area (Å²) in [5, 5.41) is 2.32. The quantitative estimate of drug-likeness (QED) is 0.509. The molecule has 0 aliphatic rings. The van der Waals surface area contributed by atoms with E-state index in [-0.39, 0.29) is 5.56 Å². The summed E-state index contributed by atoms with van der Waals surface area (Å²) < 4.78 is 1.61. The first-order valence-corrected chi connectivity index (χ1v) is 7.79. The average Bonchev–Trinajstić information content (AvgIpc) is 3.00. The molecule has 0 radical (unpaired) electrons. The van der Waals surface area contributed by atoms with Gasteiger partial charge in [0.1, 0.15) is 0 Å². The molecule has 0 fully saturated rings. The number of hydrogen-bond acceptors (Lipinski definition) is 2. The molecule has 4 heteroatoms. The standard InChI is InChI=1S/C20H13N3O/c24-19-12-17(15-10-9-13-5-1-2-6-14(13)11-15)22-20-21-16-7-3-4-8-18(16)23(19)20/h1-12H,(H,21,22). The van der Waals surface area contributed by atoms with Crippen molar-refractivity contribution in [2.75, 3.05) is 0 Å². The number of aromatic amines is 1. The molecule has 0 bridgehead atoms. The summed E-state index contributed by atoms with van der Waals surface area (Å²) in [6.07, 6.45) is 0. The molecule has 2 heterocycles. The van der Waals surface area contributed by atoms with Crippen LogP contribution in [0.25, 0.3) is 38.8 Å². The summed E-state index contributed by atoms with van der Waals surface area (Å²) >= 11 is 0. The molecular formula is C20H13N3O. The Morgan fingerprint density at radius 2 is 1.62 bits per heavy atom. The summed E-state index contributed by atoms with van der Waals surface area (Å²) in [7, 11) is 0. The van der Waals surface area contributed by atoms with Crippen LogP contribution in [0.15, 0.2) is 77.6 Å². The van der Waals surface area contributed by atoms with Crippen molar-refractivity contribution in [2.45, 2.75) is 0 Å². The van der Waals surface area contributed by atoms with E-state index in [9.17, 15) is 4.79 Å². The third kappa shape index (κ3) is 1.86. The van der Waals surface area contributed by atoms with Crippen LogP contribution in [0.5, 0.6) is 0 Å². The van der Waals surface area contributed by atoms with Gasteiger partial charge in [-0.2, -0.15) is 0 Å². The lowest BCUT2D eigenvalue weighted by Crippen LogP contribution is -2.12. The molecule has 0 atom stereocenters. The van der Waals surface area contributed by atoms with Gasteiger partial charge < -0.3 is 4.98 Å². The minimum atomic E-state index is -0.0828. The van der Waals surface area contributed by atoms with Gasteiger partial charge in [0, 0.05) is 6.07 Å². The van der Waals surface area contributed by atoms with Gasteiger partial charge in [-0.1, -0.05) is 48.5 Å². The average molecular weight is 311 g/mol. The molecule has 4 nitrogen and oxygen atoms in total. The fourth-order valence-electron chi connectivity index (χ4n) is 3.19. The van der Waals surface area contributed by atoms with Gasteiger partial charge in [-0.15, -0.1) is 0 Å². The molecule has 0 spiro atoms. The molecule has 2 aromatic heterocycles. The first-order chi connectivity index (χ1) is 11.8. The molecule has 5 rings (SSSR count). The van der Waals surface area contributed by atoms with E-state index in [1.54, 1.807) is 10.5 Å². The summed E-state index contributed by atoms with van der Waals surface area (Å²) in [5.41, 5.74) is 3.29. The first kappa shape index (κ1) is 13.1. The van der Waals surface area contributed by atoms with Gasteiger partial charge in [-0.3, -0.25) is 4.79 Å². The number of para-hydroxylation sites is 2. The molecular weight excluding hydrogens is 298 g/mol. The second-order valence-electron chi connectivity index (χ2n) is 5.84. The zero-order valence-corrected chi connectivity index (χ0v) is 12.7. The predicted octanol–water partition coefficient (Wildman–Crippen LogP) is 4.00. The number of benzene rings is 3. The number of imidazole rings is 1. The van der Waals surface area contributed by atoms with Gasteiger partial charge in [-0.05, 0) is 34.5 Å². The lowest BCUT2D eigenvalue weighted by Gasteiger charge is -2.05. The third-order valence-corrected chi connectivity index (χ3v) is 4.36. The van der Waals surface area contributed by atoms with Crippen LogP contribution in [0.2, 0.25) is 0 Å².